The Balaban J connectivity index is 2.61. The number of hydrogen-bond donors (Lipinski definition) is 0. The van der Waals surface area contributed by atoms with Gasteiger partial charge in [-0.05, 0) is 25.5 Å². The molecule has 0 N–H and O–H groups in total. The Bertz CT molecular complexity index is 316. The molecule has 0 saturated carbocycles. The Kier molecular flexibility index (Phi) is 6.65. The van der Waals surface area contributed by atoms with E-state index < -0.39 is 0 Å². The topological polar surface area (TPSA) is 55.8 Å². The van der Waals surface area contributed by atoms with Crippen molar-refractivity contribution in [1.82, 2.24) is 4.90 Å². The van der Waals surface area contributed by atoms with Crippen molar-refractivity contribution in [3.05, 3.63) is 0 Å². The monoisotopic (exact) mass is 289 g/mol. The van der Waals surface area contributed by atoms with E-state index in [2.05, 4.69) is 4.74 Å². The SMILES string of the molecule is COCCN(CCC(=O)OC)C(=O)C1(C)CCCS1. The summed E-state index contributed by atoms with van der Waals surface area (Å²) in [4.78, 5) is 25.5. The summed E-state index contributed by atoms with van der Waals surface area (Å²) >= 11 is 1.71. The third-order valence-electron chi connectivity index (χ3n) is 3.34. The molecular weight excluding hydrogens is 266 g/mol. The maximum absolute atomic E-state index is 12.6. The van der Waals surface area contributed by atoms with Crippen LogP contribution in [0.3, 0.4) is 0 Å². The molecule has 6 heteroatoms. The predicted octanol–water partition coefficient (Wildman–Crippen LogP) is 1.31. The molecule has 0 bridgehead atoms. The number of methoxy groups -OCH3 is 2. The van der Waals surface area contributed by atoms with Gasteiger partial charge in [0.25, 0.3) is 0 Å². The van der Waals surface area contributed by atoms with Gasteiger partial charge in [0.05, 0.1) is 24.9 Å². The van der Waals surface area contributed by atoms with Crippen LogP contribution >= 0.6 is 11.8 Å². The molecule has 0 aromatic rings. The van der Waals surface area contributed by atoms with Crippen LogP contribution in [0.4, 0.5) is 0 Å². The fraction of sp³-hybridized carbons (Fsp3) is 0.846. The van der Waals surface area contributed by atoms with Gasteiger partial charge in [0.1, 0.15) is 0 Å². The van der Waals surface area contributed by atoms with Crippen molar-refractivity contribution in [2.75, 3.05) is 39.7 Å². The van der Waals surface area contributed by atoms with Crippen molar-refractivity contribution in [3.8, 4) is 0 Å². The second-order valence-corrected chi connectivity index (χ2v) is 6.39. The number of nitrogens with zero attached hydrogens (tertiary/aromatic N) is 1. The lowest BCUT2D eigenvalue weighted by Gasteiger charge is -2.30. The number of carbonyl (C=O) groups excluding carboxylic acids is 2. The lowest BCUT2D eigenvalue weighted by Crippen LogP contribution is -2.46. The smallest absolute Gasteiger partial charge is 0.307 e. The van der Waals surface area contributed by atoms with Crippen molar-refractivity contribution in [2.45, 2.75) is 30.9 Å². The van der Waals surface area contributed by atoms with Crippen molar-refractivity contribution in [2.24, 2.45) is 0 Å². The number of thioether (sulfide) groups is 1. The quantitative estimate of drug-likeness (QED) is 0.661. The summed E-state index contributed by atoms with van der Waals surface area (Å²) in [7, 11) is 2.97. The van der Waals surface area contributed by atoms with Crippen LogP contribution < -0.4 is 0 Å². The van der Waals surface area contributed by atoms with Crippen LogP contribution in [-0.2, 0) is 19.1 Å². The Morgan fingerprint density at radius 3 is 2.58 bits per heavy atom. The number of carbonyl (C=O) groups is 2. The lowest BCUT2D eigenvalue weighted by molar-refractivity contribution is -0.142. The number of rotatable bonds is 7. The fourth-order valence-electron chi connectivity index (χ4n) is 2.13. The van der Waals surface area contributed by atoms with Crippen molar-refractivity contribution < 1.29 is 19.1 Å². The minimum absolute atomic E-state index is 0.107. The fourth-order valence-corrected chi connectivity index (χ4v) is 3.41. The summed E-state index contributed by atoms with van der Waals surface area (Å²) in [5, 5.41) is 0. The van der Waals surface area contributed by atoms with Crippen LogP contribution in [-0.4, -0.2) is 61.2 Å². The zero-order valence-electron chi connectivity index (χ0n) is 11.9. The Labute approximate surface area is 119 Å². The van der Waals surface area contributed by atoms with E-state index in [-0.39, 0.29) is 23.0 Å². The highest BCUT2D eigenvalue weighted by atomic mass is 32.2. The lowest BCUT2D eigenvalue weighted by atomic mass is 10.0. The molecule has 1 heterocycles. The molecule has 0 aromatic carbocycles. The van der Waals surface area contributed by atoms with Gasteiger partial charge in [-0.2, -0.15) is 0 Å². The summed E-state index contributed by atoms with van der Waals surface area (Å²) in [6.07, 6.45) is 2.20. The highest BCUT2D eigenvalue weighted by Gasteiger charge is 2.39. The molecule has 1 unspecified atom stereocenters. The normalized spacial score (nSPS) is 22.3. The average molecular weight is 289 g/mol. The van der Waals surface area contributed by atoms with Gasteiger partial charge in [-0.25, -0.2) is 0 Å². The molecule has 0 spiro atoms. The number of amides is 1. The van der Waals surface area contributed by atoms with Crippen LogP contribution in [0.1, 0.15) is 26.2 Å². The molecule has 0 aliphatic carbocycles. The molecule has 1 rings (SSSR count). The van der Waals surface area contributed by atoms with E-state index in [4.69, 9.17) is 4.74 Å². The first-order valence-electron chi connectivity index (χ1n) is 6.52. The second-order valence-electron chi connectivity index (χ2n) is 4.79. The third kappa shape index (κ3) is 4.69. The molecule has 0 radical (unpaired) electrons. The summed E-state index contributed by atoms with van der Waals surface area (Å²) in [5.74, 6) is 0.840. The molecule has 1 fully saturated rings. The summed E-state index contributed by atoms with van der Waals surface area (Å²) in [6.45, 7) is 3.38. The Morgan fingerprint density at radius 1 is 1.32 bits per heavy atom. The first-order valence-corrected chi connectivity index (χ1v) is 7.51. The maximum atomic E-state index is 12.6. The van der Waals surface area contributed by atoms with E-state index in [0.29, 0.717) is 19.7 Å². The minimum Gasteiger partial charge on any atom is -0.469 e. The van der Waals surface area contributed by atoms with Crippen LogP contribution in [0.5, 0.6) is 0 Å². The van der Waals surface area contributed by atoms with Crippen LogP contribution in [0.15, 0.2) is 0 Å². The minimum atomic E-state index is -0.343. The summed E-state index contributed by atoms with van der Waals surface area (Å²) in [6, 6.07) is 0. The molecule has 0 aromatic heterocycles. The molecule has 1 atom stereocenters. The van der Waals surface area contributed by atoms with Gasteiger partial charge in [-0.1, -0.05) is 0 Å². The van der Waals surface area contributed by atoms with Gasteiger partial charge in [0.2, 0.25) is 5.91 Å². The van der Waals surface area contributed by atoms with E-state index in [1.54, 1.807) is 23.8 Å². The van der Waals surface area contributed by atoms with Crippen LogP contribution in [0, 0.1) is 0 Å². The van der Waals surface area contributed by atoms with Crippen LogP contribution in [0.25, 0.3) is 0 Å². The van der Waals surface area contributed by atoms with E-state index in [9.17, 15) is 9.59 Å². The summed E-state index contributed by atoms with van der Waals surface area (Å²) < 4.78 is 9.31. The van der Waals surface area contributed by atoms with Crippen molar-refractivity contribution in [1.29, 1.82) is 0 Å². The van der Waals surface area contributed by atoms with E-state index in [1.807, 2.05) is 6.92 Å². The van der Waals surface area contributed by atoms with Gasteiger partial charge < -0.3 is 14.4 Å². The number of hydrogen-bond acceptors (Lipinski definition) is 5. The third-order valence-corrected chi connectivity index (χ3v) is 4.85. The first-order chi connectivity index (χ1) is 9.03. The van der Waals surface area contributed by atoms with Gasteiger partial charge >= 0.3 is 5.97 Å². The van der Waals surface area contributed by atoms with Crippen molar-refractivity contribution in [3.63, 3.8) is 0 Å². The molecule has 5 nitrogen and oxygen atoms in total. The molecule has 19 heavy (non-hydrogen) atoms. The van der Waals surface area contributed by atoms with E-state index in [1.165, 1.54) is 7.11 Å². The molecule has 1 saturated heterocycles. The predicted molar refractivity (Wildman–Crippen MR) is 75.2 cm³/mol. The summed E-state index contributed by atoms with van der Waals surface area (Å²) in [5.41, 5.74) is 0. The van der Waals surface area contributed by atoms with Crippen molar-refractivity contribution >= 4 is 23.6 Å². The largest absolute Gasteiger partial charge is 0.469 e. The zero-order valence-corrected chi connectivity index (χ0v) is 12.8. The number of ether oxygens (including phenoxy) is 2. The second kappa shape index (κ2) is 7.75. The Hall–Kier alpha value is -0.750. The highest BCUT2D eigenvalue weighted by molar-refractivity contribution is 8.01. The molecule has 1 aliphatic rings. The molecule has 1 amide bonds. The maximum Gasteiger partial charge on any atom is 0.307 e. The van der Waals surface area contributed by atoms with Gasteiger partial charge in [-0.15, -0.1) is 11.8 Å². The van der Waals surface area contributed by atoms with Crippen LogP contribution in [0.2, 0.25) is 0 Å². The average Bonchev–Trinajstić information content (AvgIpc) is 2.86. The van der Waals surface area contributed by atoms with Gasteiger partial charge in [-0.3, -0.25) is 9.59 Å². The molecule has 110 valence electrons. The Morgan fingerprint density at radius 2 is 2.05 bits per heavy atom. The standard InChI is InChI=1S/C13H23NO4S/c1-13(6-4-10-19-13)12(16)14(8-9-17-2)7-5-11(15)18-3/h4-10H2,1-3H3. The first kappa shape index (κ1) is 16.3. The molecule has 1 aliphatic heterocycles. The van der Waals surface area contributed by atoms with Gasteiger partial charge in [0, 0.05) is 20.2 Å². The van der Waals surface area contributed by atoms with E-state index >= 15 is 0 Å². The number of esters is 1. The molecular formula is C13H23NO4S. The van der Waals surface area contributed by atoms with E-state index in [0.717, 1.165) is 18.6 Å². The highest BCUT2D eigenvalue weighted by Crippen LogP contribution is 2.39. The zero-order chi connectivity index (χ0) is 14.3. The van der Waals surface area contributed by atoms with Gasteiger partial charge in [0.15, 0.2) is 0 Å².